The van der Waals surface area contributed by atoms with E-state index in [0.717, 1.165) is 25.1 Å². The number of likely N-dealkylation sites (tertiary alicyclic amines) is 1. The molecule has 1 N–H and O–H groups in total. The average Bonchev–Trinajstić information content (AvgIpc) is 2.58. The van der Waals surface area contributed by atoms with Crippen molar-refractivity contribution in [1.82, 2.24) is 10.2 Å². The summed E-state index contributed by atoms with van der Waals surface area (Å²) in [6.45, 7) is 2.06. The van der Waals surface area contributed by atoms with Crippen molar-refractivity contribution >= 4 is 23.6 Å². The Kier molecular flexibility index (Phi) is 6.89. The van der Waals surface area contributed by atoms with E-state index >= 15 is 0 Å². The van der Waals surface area contributed by atoms with Gasteiger partial charge in [-0.1, -0.05) is 0 Å². The fourth-order valence-corrected chi connectivity index (χ4v) is 3.12. The third-order valence-corrected chi connectivity index (χ3v) is 4.66. The minimum absolute atomic E-state index is 0.198. The fraction of sp³-hybridized carbons (Fsp3) is 0.529. The van der Waals surface area contributed by atoms with Gasteiger partial charge in [0.2, 0.25) is 5.91 Å². The molecule has 23 heavy (non-hydrogen) atoms. The molecule has 1 aromatic carbocycles. The van der Waals surface area contributed by atoms with Crippen LogP contribution in [0.1, 0.15) is 29.6 Å². The first-order valence-corrected chi connectivity index (χ1v) is 9.30. The van der Waals surface area contributed by atoms with Gasteiger partial charge in [-0.2, -0.15) is 11.8 Å². The van der Waals surface area contributed by atoms with E-state index in [1.54, 1.807) is 11.8 Å². The van der Waals surface area contributed by atoms with E-state index in [4.69, 9.17) is 0 Å². The molecule has 1 aromatic rings. The topological polar surface area (TPSA) is 49.4 Å². The van der Waals surface area contributed by atoms with E-state index in [2.05, 4.69) is 5.32 Å². The van der Waals surface area contributed by atoms with Crippen LogP contribution >= 0.6 is 11.8 Å². The maximum atomic E-state index is 12.9. The predicted octanol–water partition coefficient (Wildman–Crippen LogP) is 2.55. The summed E-state index contributed by atoms with van der Waals surface area (Å²) in [5, 5.41) is 2.89. The molecule has 0 radical (unpaired) electrons. The first kappa shape index (κ1) is 17.8. The molecule has 0 unspecified atom stereocenters. The maximum absolute atomic E-state index is 12.9. The second-order valence-electron chi connectivity index (χ2n) is 5.81. The number of thioether (sulfide) groups is 1. The van der Waals surface area contributed by atoms with Gasteiger partial charge in [0.1, 0.15) is 5.82 Å². The summed E-state index contributed by atoms with van der Waals surface area (Å²) in [4.78, 5) is 26.0. The van der Waals surface area contributed by atoms with Gasteiger partial charge < -0.3 is 10.2 Å². The lowest BCUT2D eigenvalue weighted by atomic mass is 9.97. The van der Waals surface area contributed by atoms with Crippen molar-refractivity contribution in [1.29, 1.82) is 0 Å². The summed E-state index contributed by atoms with van der Waals surface area (Å²) in [7, 11) is 0. The molecule has 1 heterocycles. The van der Waals surface area contributed by atoms with E-state index < -0.39 is 0 Å². The van der Waals surface area contributed by atoms with E-state index in [1.807, 2.05) is 11.2 Å². The van der Waals surface area contributed by atoms with Crippen LogP contribution in [0.3, 0.4) is 0 Å². The number of rotatable bonds is 6. The zero-order valence-corrected chi connectivity index (χ0v) is 14.2. The molecule has 1 atom stereocenters. The Morgan fingerprint density at radius 3 is 2.78 bits per heavy atom. The molecule has 2 amide bonds. The molecule has 126 valence electrons. The molecular weight excluding hydrogens is 315 g/mol. The Bertz CT molecular complexity index is 536. The first-order valence-electron chi connectivity index (χ1n) is 7.90. The Morgan fingerprint density at radius 1 is 1.35 bits per heavy atom. The Labute approximate surface area is 140 Å². The van der Waals surface area contributed by atoms with Crippen LogP contribution in [-0.2, 0) is 4.79 Å². The molecule has 0 spiro atoms. The summed E-state index contributed by atoms with van der Waals surface area (Å²) in [6, 6.07) is 5.51. The fourth-order valence-electron chi connectivity index (χ4n) is 2.75. The predicted molar refractivity (Wildman–Crippen MR) is 91.0 cm³/mol. The molecular formula is C17H23FN2O2S. The molecule has 6 heteroatoms. The lowest BCUT2D eigenvalue weighted by Crippen LogP contribution is -2.43. The lowest BCUT2D eigenvalue weighted by Gasteiger charge is -2.33. The number of nitrogens with one attached hydrogen (secondary N) is 1. The average molecular weight is 338 g/mol. The highest BCUT2D eigenvalue weighted by atomic mass is 32.2. The molecule has 1 aliphatic heterocycles. The number of nitrogens with zero attached hydrogens (tertiary/aromatic N) is 1. The first-order chi connectivity index (χ1) is 11.1. The monoisotopic (exact) mass is 338 g/mol. The van der Waals surface area contributed by atoms with Crippen LogP contribution in [0.25, 0.3) is 0 Å². The molecule has 0 aromatic heterocycles. The van der Waals surface area contributed by atoms with E-state index in [0.29, 0.717) is 25.1 Å². The minimum atomic E-state index is -0.353. The van der Waals surface area contributed by atoms with Crippen LogP contribution in [0.15, 0.2) is 24.3 Å². The van der Waals surface area contributed by atoms with Crippen molar-refractivity contribution in [3.05, 3.63) is 35.6 Å². The molecule has 1 fully saturated rings. The van der Waals surface area contributed by atoms with Crippen molar-refractivity contribution < 1.29 is 14.0 Å². The van der Waals surface area contributed by atoms with Crippen LogP contribution in [0.2, 0.25) is 0 Å². The number of halogens is 1. The zero-order valence-electron chi connectivity index (χ0n) is 13.4. The second kappa shape index (κ2) is 8.91. The standard InChI is InChI=1S/C17H23FN2O2S/c1-23-10-8-16(21)20-9-2-3-13(12-20)11-19-17(22)14-4-6-15(18)7-5-14/h4-7,13H,2-3,8-12H2,1H3,(H,19,22)/t13-/m1/s1. The SMILES string of the molecule is CSCCC(=O)N1CCC[C@H](CNC(=O)c2ccc(F)cc2)C1. The number of carbonyl (C=O) groups is 2. The third-order valence-electron chi connectivity index (χ3n) is 4.05. The Morgan fingerprint density at radius 2 is 2.09 bits per heavy atom. The smallest absolute Gasteiger partial charge is 0.251 e. The highest BCUT2D eigenvalue weighted by Crippen LogP contribution is 2.17. The van der Waals surface area contributed by atoms with Gasteiger partial charge in [0.15, 0.2) is 0 Å². The van der Waals surface area contributed by atoms with Crippen molar-refractivity contribution in [2.24, 2.45) is 5.92 Å². The number of carbonyl (C=O) groups excluding carboxylic acids is 2. The van der Waals surface area contributed by atoms with Gasteiger partial charge in [-0.05, 0) is 49.3 Å². The maximum Gasteiger partial charge on any atom is 0.251 e. The Hall–Kier alpha value is -1.56. The van der Waals surface area contributed by atoms with Gasteiger partial charge in [0.05, 0.1) is 0 Å². The molecule has 0 aliphatic carbocycles. The van der Waals surface area contributed by atoms with Crippen molar-refractivity contribution in [3.8, 4) is 0 Å². The van der Waals surface area contributed by atoms with Gasteiger partial charge in [0.25, 0.3) is 5.91 Å². The van der Waals surface area contributed by atoms with Crippen molar-refractivity contribution in [2.75, 3.05) is 31.6 Å². The summed E-state index contributed by atoms with van der Waals surface area (Å²) >= 11 is 1.68. The summed E-state index contributed by atoms with van der Waals surface area (Å²) in [5.74, 6) is 0.783. The van der Waals surface area contributed by atoms with Gasteiger partial charge in [0, 0.05) is 37.4 Å². The zero-order chi connectivity index (χ0) is 16.7. The molecule has 0 saturated carbocycles. The lowest BCUT2D eigenvalue weighted by molar-refractivity contribution is -0.132. The second-order valence-corrected chi connectivity index (χ2v) is 6.79. The number of benzene rings is 1. The molecule has 0 bridgehead atoms. The summed E-state index contributed by atoms with van der Waals surface area (Å²) in [6.07, 6.45) is 4.56. The number of hydrogen-bond donors (Lipinski definition) is 1. The van der Waals surface area contributed by atoms with E-state index in [9.17, 15) is 14.0 Å². The molecule has 1 saturated heterocycles. The van der Waals surface area contributed by atoms with Gasteiger partial charge in [-0.3, -0.25) is 9.59 Å². The Balaban J connectivity index is 1.79. The molecule has 4 nitrogen and oxygen atoms in total. The van der Waals surface area contributed by atoms with Crippen LogP contribution in [0.4, 0.5) is 4.39 Å². The third kappa shape index (κ3) is 5.53. The number of hydrogen-bond acceptors (Lipinski definition) is 3. The van der Waals surface area contributed by atoms with Crippen molar-refractivity contribution in [2.45, 2.75) is 19.3 Å². The van der Waals surface area contributed by atoms with Gasteiger partial charge in [-0.25, -0.2) is 4.39 Å². The largest absolute Gasteiger partial charge is 0.352 e. The van der Waals surface area contributed by atoms with Crippen molar-refractivity contribution in [3.63, 3.8) is 0 Å². The van der Waals surface area contributed by atoms with Crippen LogP contribution < -0.4 is 5.32 Å². The van der Waals surface area contributed by atoms with Crippen LogP contribution in [0, 0.1) is 11.7 Å². The normalized spacial score (nSPS) is 17.8. The quantitative estimate of drug-likeness (QED) is 0.867. The van der Waals surface area contributed by atoms with Crippen LogP contribution in [-0.4, -0.2) is 48.4 Å². The number of piperidine rings is 1. The van der Waals surface area contributed by atoms with Gasteiger partial charge >= 0.3 is 0 Å². The number of amides is 2. The summed E-state index contributed by atoms with van der Waals surface area (Å²) in [5.41, 5.74) is 0.454. The highest BCUT2D eigenvalue weighted by Gasteiger charge is 2.23. The molecule has 1 aliphatic rings. The van der Waals surface area contributed by atoms with E-state index in [1.165, 1.54) is 24.3 Å². The summed E-state index contributed by atoms with van der Waals surface area (Å²) < 4.78 is 12.9. The highest BCUT2D eigenvalue weighted by molar-refractivity contribution is 7.98. The van der Waals surface area contributed by atoms with Gasteiger partial charge in [-0.15, -0.1) is 0 Å². The van der Waals surface area contributed by atoms with Crippen LogP contribution in [0.5, 0.6) is 0 Å². The minimum Gasteiger partial charge on any atom is -0.352 e. The van der Waals surface area contributed by atoms with E-state index in [-0.39, 0.29) is 23.5 Å². The molecule has 2 rings (SSSR count).